The number of pyridine rings is 1. The number of anilines is 1. The average molecular weight is 246 g/mol. The molecule has 0 aliphatic rings. The van der Waals surface area contributed by atoms with E-state index in [0.29, 0.717) is 11.4 Å². The normalized spacial score (nSPS) is 13.6. The van der Waals surface area contributed by atoms with Crippen LogP contribution in [0.15, 0.2) is 12.3 Å². The van der Waals surface area contributed by atoms with Crippen LogP contribution in [0.5, 0.6) is 0 Å². The largest absolute Gasteiger partial charge is 0.417 e. The number of nitrogens with zero attached hydrogens (tertiary/aromatic N) is 2. The van der Waals surface area contributed by atoms with E-state index in [0.717, 1.165) is 18.7 Å². The van der Waals surface area contributed by atoms with Crippen molar-refractivity contribution in [1.29, 1.82) is 0 Å². The topological polar surface area (TPSA) is 16.1 Å². The minimum Gasteiger partial charge on any atom is -0.376 e. The Morgan fingerprint density at radius 2 is 1.94 bits per heavy atom. The van der Waals surface area contributed by atoms with Gasteiger partial charge in [0.1, 0.15) is 0 Å². The van der Waals surface area contributed by atoms with Crippen LogP contribution in [-0.2, 0) is 6.18 Å². The van der Waals surface area contributed by atoms with Gasteiger partial charge in [-0.05, 0) is 12.5 Å². The predicted octanol–water partition coefficient (Wildman–Crippen LogP) is 3.68. The van der Waals surface area contributed by atoms with E-state index in [-0.39, 0.29) is 5.92 Å². The predicted molar refractivity (Wildman–Crippen MR) is 62.3 cm³/mol. The summed E-state index contributed by atoms with van der Waals surface area (Å²) < 4.78 is 37.8. The first-order chi connectivity index (χ1) is 7.77. The third-order valence-corrected chi connectivity index (χ3v) is 2.79. The minimum absolute atomic E-state index is 0.148. The summed E-state index contributed by atoms with van der Waals surface area (Å²) in [7, 11) is 3.45. The molecule has 5 heteroatoms. The Kier molecular flexibility index (Phi) is 4.01. The summed E-state index contributed by atoms with van der Waals surface area (Å²) >= 11 is 0. The van der Waals surface area contributed by atoms with Crippen molar-refractivity contribution in [2.24, 2.45) is 0 Å². The second kappa shape index (κ2) is 4.94. The standard InChI is InChI=1S/C12H17F3N2/c1-5-8(2)11-10(17(3)4)6-9(7-16-11)12(13,14)15/h6-8H,5H2,1-4H3. The lowest BCUT2D eigenvalue weighted by Gasteiger charge is -2.21. The molecule has 0 radical (unpaired) electrons. The molecule has 0 bridgehead atoms. The van der Waals surface area contributed by atoms with Crippen LogP contribution in [0.25, 0.3) is 0 Å². The average Bonchev–Trinajstić information content (AvgIpc) is 2.25. The van der Waals surface area contributed by atoms with Gasteiger partial charge in [0.25, 0.3) is 0 Å². The van der Waals surface area contributed by atoms with Crippen LogP contribution in [0.1, 0.15) is 37.4 Å². The van der Waals surface area contributed by atoms with Crippen LogP contribution < -0.4 is 4.90 Å². The lowest BCUT2D eigenvalue weighted by molar-refractivity contribution is -0.137. The van der Waals surface area contributed by atoms with Gasteiger partial charge < -0.3 is 4.90 Å². The smallest absolute Gasteiger partial charge is 0.376 e. The minimum atomic E-state index is -4.34. The first-order valence-corrected chi connectivity index (χ1v) is 5.51. The number of aromatic nitrogens is 1. The molecular weight excluding hydrogens is 229 g/mol. The summed E-state index contributed by atoms with van der Waals surface area (Å²) in [6.07, 6.45) is -2.58. The summed E-state index contributed by atoms with van der Waals surface area (Å²) in [6.45, 7) is 3.95. The molecule has 2 nitrogen and oxygen atoms in total. The van der Waals surface area contributed by atoms with Crippen LogP contribution in [0.2, 0.25) is 0 Å². The van der Waals surface area contributed by atoms with Crippen LogP contribution in [-0.4, -0.2) is 19.1 Å². The molecule has 0 amide bonds. The molecule has 1 unspecified atom stereocenters. The van der Waals surface area contributed by atoms with Crippen molar-refractivity contribution in [2.75, 3.05) is 19.0 Å². The van der Waals surface area contributed by atoms with Crippen molar-refractivity contribution in [3.63, 3.8) is 0 Å². The highest BCUT2D eigenvalue weighted by Gasteiger charge is 2.32. The molecule has 1 rings (SSSR count). The van der Waals surface area contributed by atoms with Gasteiger partial charge in [0.15, 0.2) is 0 Å². The number of rotatable bonds is 3. The molecule has 1 aromatic heterocycles. The first-order valence-electron chi connectivity index (χ1n) is 5.51. The fourth-order valence-corrected chi connectivity index (χ4v) is 1.55. The van der Waals surface area contributed by atoms with E-state index in [9.17, 15) is 13.2 Å². The molecule has 0 N–H and O–H groups in total. The van der Waals surface area contributed by atoms with E-state index in [2.05, 4.69) is 4.98 Å². The van der Waals surface area contributed by atoms with E-state index in [1.165, 1.54) is 0 Å². The van der Waals surface area contributed by atoms with Crippen molar-refractivity contribution < 1.29 is 13.2 Å². The van der Waals surface area contributed by atoms with Gasteiger partial charge in [-0.1, -0.05) is 13.8 Å². The van der Waals surface area contributed by atoms with Gasteiger partial charge in [-0.3, -0.25) is 4.98 Å². The van der Waals surface area contributed by atoms with Gasteiger partial charge in [-0.2, -0.15) is 13.2 Å². The van der Waals surface area contributed by atoms with E-state index in [4.69, 9.17) is 0 Å². The number of hydrogen-bond acceptors (Lipinski definition) is 2. The molecule has 0 aromatic carbocycles. The van der Waals surface area contributed by atoms with Crippen molar-refractivity contribution in [2.45, 2.75) is 32.4 Å². The zero-order chi connectivity index (χ0) is 13.2. The highest BCUT2D eigenvalue weighted by molar-refractivity contribution is 5.52. The third kappa shape index (κ3) is 3.11. The summed E-state index contributed by atoms with van der Waals surface area (Å²) in [4.78, 5) is 5.65. The van der Waals surface area contributed by atoms with Gasteiger partial charge in [-0.25, -0.2) is 0 Å². The Morgan fingerprint density at radius 1 is 1.35 bits per heavy atom. The number of hydrogen-bond donors (Lipinski definition) is 0. The SMILES string of the molecule is CCC(C)c1ncc(C(F)(F)F)cc1N(C)C. The Morgan fingerprint density at radius 3 is 2.35 bits per heavy atom. The monoisotopic (exact) mass is 246 g/mol. The molecular formula is C12H17F3N2. The first kappa shape index (κ1) is 13.8. The second-order valence-corrected chi connectivity index (χ2v) is 4.33. The molecule has 0 saturated heterocycles. The fraction of sp³-hybridized carbons (Fsp3) is 0.583. The summed E-state index contributed by atoms with van der Waals surface area (Å²) in [6, 6.07) is 1.16. The molecule has 1 heterocycles. The van der Waals surface area contributed by atoms with Crippen LogP contribution in [0.3, 0.4) is 0 Å². The highest BCUT2D eigenvalue weighted by Crippen LogP contribution is 2.34. The van der Waals surface area contributed by atoms with Crippen LogP contribution in [0, 0.1) is 0 Å². The quantitative estimate of drug-likeness (QED) is 0.808. The molecule has 1 atom stereocenters. The Labute approximate surface area is 99.5 Å². The highest BCUT2D eigenvalue weighted by atomic mass is 19.4. The Hall–Kier alpha value is -1.26. The maximum absolute atomic E-state index is 12.6. The van der Waals surface area contributed by atoms with Crippen molar-refractivity contribution in [3.8, 4) is 0 Å². The Bertz CT molecular complexity index is 386. The molecule has 17 heavy (non-hydrogen) atoms. The zero-order valence-corrected chi connectivity index (χ0v) is 10.5. The molecule has 0 aliphatic heterocycles. The summed E-state index contributed by atoms with van der Waals surface area (Å²) in [5, 5.41) is 0. The van der Waals surface area contributed by atoms with E-state index < -0.39 is 11.7 Å². The molecule has 96 valence electrons. The zero-order valence-electron chi connectivity index (χ0n) is 10.5. The van der Waals surface area contributed by atoms with E-state index in [1.54, 1.807) is 19.0 Å². The molecule has 0 spiro atoms. The fourth-order valence-electron chi connectivity index (χ4n) is 1.55. The lowest BCUT2D eigenvalue weighted by Crippen LogP contribution is -2.16. The third-order valence-electron chi connectivity index (χ3n) is 2.79. The maximum atomic E-state index is 12.6. The van der Waals surface area contributed by atoms with Gasteiger partial charge in [0, 0.05) is 26.2 Å². The molecule has 1 aromatic rings. The molecule has 0 aliphatic carbocycles. The van der Waals surface area contributed by atoms with Crippen molar-refractivity contribution in [1.82, 2.24) is 4.98 Å². The van der Waals surface area contributed by atoms with Crippen LogP contribution in [0.4, 0.5) is 18.9 Å². The van der Waals surface area contributed by atoms with Crippen molar-refractivity contribution in [3.05, 3.63) is 23.5 Å². The van der Waals surface area contributed by atoms with Gasteiger partial charge in [0.2, 0.25) is 0 Å². The molecule has 0 saturated carbocycles. The van der Waals surface area contributed by atoms with Gasteiger partial charge in [-0.15, -0.1) is 0 Å². The summed E-state index contributed by atoms with van der Waals surface area (Å²) in [5.41, 5.74) is 0.549. The van der Waals surface area contributed by atoms with E-state index >= 15 is 0 Å². The van der Waals surface area contributed by atoms with Gasteiger partial charge in [0.05, 0.1) is 16.9 Å². The summed E-state index contributed by atoms with van der Waals surface area (Å²) in [5.74, 6) is 0.148. The number of halogens is 3. The van der Waals surface area contributed by atoms with E-state index in [1.807, 2.05) is 13.8 Å². The van der Waals surface area contributed by atoms with Crippen LogP contribution >= 0.6 is 0 Å². The van der Waals surface area contributed by atoms with Gasteiger partial charge >= 0.3 is 6.18 Å². The number of alkyl halides is 3. The second-order valence-electron chi connectivity index (χ2n) is 4.33. The Balaban J connectivity index is 3.27. The maximum Gasteiger partial charge on any atom is 0.417 e. The van der Waals surface area contributed by atoms with Crippen molar-refractivity contribution >= 4 is 5.69 Å². The molecule has 0 fully saturated rings. The lowest BCUT2D eigenvalue weighted by atomic mass is 10.0.